The van der Waals surface area contributed by atoms with Crippen LogP contribution in [0.1, 0.15) is 31.3 Å². The van der Waals surface area contributed by atoms with E-state index in [0.717, 1.165) is 0 Å². The summed E-state index contributed by atoms with van der Waals surface area (Å²) in [6.07, 6.45) is 2.98. The summed E-state index contributed by atoms with van der Waals surface area (Å²) in [6.45, 7) is 3.43. The first-order valence-electron chi connectivity index (χ1n) is 12.0. The summed E-state index contributed by atoms with van der Waals surface area (Å²) < 4.78 is 50.6. The van der Waals surface area contributed by atoms with E-state index < -0.39 is 26.8 Å². The summed E-state index contributed by atoms with van der Waals surface area (Å²) >= 11 is 0. The normalized spacial score (nSPS) is 13.0. The smallest absolute Gasteiger partial charge is 0.231 e. The largest absolute Gasteiger partial charge is 0.494 e. The molecule has 0 bridgehead atoms. The van der Waals surface area contributed by atoms with E-state index in [1.165, 1.54) is 40.8 Å². The molecule has 0 saturated carbocycles. The number of hydrogen-bond acceptors (Lipinski definition) is 11. The van der Waals surface area contributed by atoms with E-state index in [9.17, 15) is 8.42 Å². The summed E-state index contributed by atoms with van der Waals surface area (Å²) in [7, 11) is 2.25. The van der Waals surface area contributed by atoms with Crippen LogP contribution in [0.5, 0.6) is 23.3 Å². The van der Waals surface area contributed by atoms with Crippen molar-refractivity contribution in [3.8, 4) is 40.5 Å². The van der Waals surface area contributed by atoms with Crippen LogP contribution < -0.4 is 18.9 Å². The van der Waals surface area contributed by atoms with Gasteiger partial charge in [-0.2, -0.15) is 0 Å². The Labute approximate surface area is 226 Å². The van der Waals surface area contributed by atoms with E-state index in [-0.39, 0.29) is 5.82 Å². The summed E-state index contributed by atoms with van der Waals surface area (Å²) in [6, 6.07) is 10.4. The predicted octanol–water partition coefficient (Wildman–Crippen LogP) is 3.26. The number of pyridine rings is 1. The van der Waals surface area contributed by atoms with E-state index in [1.807, 2.05) is 0 Å². The Morgan fingerprint density at radius 3 is 2.08 bits per heavy atom. The van der Waals surface area contributed by atoms with E-state index >= 15 is 0 Å². The van der Waals surface area contributed by atoms with Gasteiger partial charge in [0.2, 0.25) is 11.8 Å². The second kappa shape index (κ2) is 11.6. The van der Waals surface area contributed by atoms with Crippen LogP contribution in [0.25, 0.3) is 17.2 Å². The average molecular weight is 555 g/mol. The Morgan fingerprint density at radius 1 is 0.821 bits per heavy atom. The number of nitrogens with zero attached hydrogens (tertiary/aromatic N) is 6. The van der Waals surface area contributed by atoms with Gasteiger partial charge < -0.3 is 18.9 Å². The van der Waals surface area contributed by atoms with Crippen molar-refractivity contribution in [1.29, 1.82) is 0 Å². The zero-order valence-electron chi connectivity index (χ0n) is 22.5. The Hall–Kier alpha value is -4.26. The van der Waals surface area contributed by atoms with Crippen LogP contribution in [-0.4, -0.2) is 71.8 Å². The lowest BCUT2D eigenvalue weighted by molar-refractivity contribution is 0.390. The second-order valence-corrected chi connectivity index (χ2v) is 11.0. The third-order valence-electron chi connectivity index (χ3n) is 6.44. The summed E-state index contributed by atoms with van der Waals surface area (Å²) in [4.78, 5) is 13.0. The Bertz CT molecular complexity index is 1520. The number of methoxy groups -OCH3 is 4. The number of hydrogen-bond donors (Lipinski definition) is 0. The zero-order valence-corrected chi connectivity index (χ0v) is 23.3. The van der Waals surface area contributed by atoms with Gasteiger partial charge in [0.15, 0.2) is 21.5 Å². The Kier molecular flexibility index (Phi) is 8.29. The fraction of sp³-hybridized carbons (Fsp3) is 0.346. The molecule has 3 aromatic heterocycles. The number of benzene rings is 1. The molecule has 4 rings (SSSR count). The fourth-order valence-electron chi connectivity index (χ4n) is 4.05. The topological polar surface area (TPSA) is 140 Å². The van der Waals surface area contributed by atoms with Gasteiger partial charge in [-0.05, 0) is 25.1 Å². The molecule has 206 valence electrons. The van der Waals surface area contributed by atoms with Crippen LogP contribution in [0.15, 0.2) is 48.8 Å². The van der Waals surface area contributed by atoms with Gasteiger partial charge in [-0.1, -0.05) is 19.1 Å². The standard InChI is InChI=1S/C26H30N6O6S/c1-16(19-13-28-24(38-6)14-27-19)17(2)39(33,34)15-22-30-31-26(18-9-7-12-23(29-18)37-5)32(22)25-20(35-3)10-8-11-21(25)36-4/h7-14,16-17H,15H2,1-6H3/t16-,17-/m1/s1. The van der Waals surface area contributed by atoms with E-state index in [0.29, 0.717) is 46.2 Å². The molecule has 0 spiro atoms. The van der Waals surface area contributed by atoms with Gasteiger partial charge in [-0.15, -0.1) is 10.2 Å². The number of aromatic nitrogens is 6. The molecule has 3 heterocycles. The highest BCUT2D eigenvalue weighted by molar-refractivity contribution is 7.91. The van der Waals surface area contributed by atoms with E-state index in [1.54, 1.807) is 54.8 Å². The highest BCUT2D eigenvalue weighted by Crippen LogP contribution is 2.37. The molecule has 1 aromatic carbocycles. The second-order valence-electron chi connectivity index (χ2n) is 8.64. The third kappa shape index (κ3) is 5.62. The molecule has 0 aliphatic rings. The molecule has 39 heavy (non-hydrogen) atoms. The molecule has 2 atom stereocenters. The van der Waals surface area contributed by atoms with Crippen molar-refractivity contribution in [3.63, 3.8) is 0 Å². The van der Waals surface area contributed by atoms with Crippen molar-refractivity contribution < 1.29 is 27.4 Å². The van der Waals surface area contributed by atoms with Crippen LogP contribution in [0.2, 0.25) is 0 Å². The SMILES string of the molecule is COc1cnc([C@H](C)[C@@H](C)S(=O)(=O)Cc2nnc(-c3cccc(OC)n3)n2-c2c(OC)cccc2OC)cn1. The van der Waals surface area contributed by atoms with Crippen LogP contribution in [0.3, 0.4) is 0 Å². The van der Waals surface area contributed by atoms with Crippen LogP contribution in [0, 0.1) is 0 Å². The van der Waals surface area contributed by atoms with Gasteiger partial charge in [0.05, 0.1) is 51.8 Å². The molecule has 0 unspecified atom stereocenters. The zero-order chi connectivity index (χ0) is 28.2. The molecule has 0 saturated heterocycles. The molecule has 0 radical (unpaired) electrons. The minimum absolute atomic E-state index is 0.164. The summed E-state index contributed by atoms with van der Waals surface area (Å²) in [5, 5.41) is 7.82. The Morgan fingerprint density at radius 2 is 1.49 bits per heavy atom. The van der Waals surface area contributed by atoms with Crippen molar-refractivity contribution in [2.75, 3.05) is 28.4 Å². The van der Waals surface area contributed by atoms with Crippen molar-refractivity contribution in [1.82, 2.24) is 29.7 Å². The van der Waals surface area contributed by atoms with E-state index in [2.05, 4.69) is 25.1 Å². The van der Waals surface area contributed by atoms with Crippen molar-refractivity contribution >= 4 is 9.84 Å². The highest BCUT2D eigenvalue weighted by atomic mass is 32.2. The molecule has 12 nitrogen and oxygen atoms in total. The Balaban J connectivity index is 1.82. The van der Waals surface area contributed by atoms with Crippen molar-refractivity contribution in [3.05, 3.63) is 60.3 Å². The highest BCUT2D eigenvalue weighted by Gasteiger charge is 2.32. The van der Waals surface area contributed by atoms with Crippen molar-refractivity contribution in [2.45, 2.75) is 30.8 Å². The summed E-state index contributed by atoms with van der Waals surface area (Å²) in [5.41, 5.74) is 1.40. The maximum absolute atomic E-state index is 13.7. The lowest BCUT2D eigenvalue weighted by atomic mass is 10.1. The van der Waals surface area contributed by atoms with Gasteiger partial charge in [-0.25, -0.2) is 18.4 Å². The van der Waals surface area contributed by atoms with Gasteiger partial charge in [0.1, 0.15) is 28.6 Å². The first-order valence-corrected chi connectivity index (χ1v) is 13.7. The molecular formula is C26H30N6O6S. The molecule has 0 amide bonds. The third-order valence-corrected chi connectivity index (χ3v) is 8.64. The maximum atomic E-state index is 13.7. The number of para-hydroxylation sites is 1. The minimum Gasteiger partial charge on any atom is -0.494 e. The fourth-order valence-corrected chi connectivity index (χ4v) is 5.62. The minimum atomic E-state index is -3.78. The molecule has 0 fully saturated rings. The van der Waals surface area contributed by atoms with Crippen LogP contribution in [-0.2, 0) is 15.6 Å². The van der Waals surface area contributed by atoms with Gasteiger partial charge in [0, 0.05) is 12.0 Å². The summed E-state index contributed by atoms with van der Waals surface area (Å²) in [5.74, 6) is 1.18. The molecule has 0 N–H and O–H groups in total. The van der Waals surface area contributed by atoms with Gasteiger partial charge in [-0.3, -0.25) is 9.55 Å². The van der Waals surface area contributed by atoms with E-state index in [4.69, 9.17) is 18.9 Å². The molecule has 0 aliphatic heterocycles. The molecule has 4 aromatic rings. The predicted molar refractivity (Wildman–Crippen MR) is 143 cm³/mol. The molecule has 0 aliphatic carbocycles. The van der Waals surface area contributed by atoms with Gasteiger partial charge >= 0.3 is 0 Å². The quantitative estimate of drug-likeness (QED) is 0.270. The van der Waals surface area contributed by atoms with Gasteiger partial charge in [0.25, 0.3) is 0 Å². The van der Waals surface area contributed by atoms with Crippen LogP contribution in [0.4, 0.5) is 0 Å². The number of ether oxygens (including phenoxy) is 4. The molecular weight excluding hydrogens is 524 g/mol. The monoisotopic (exact) mass is 554 g/mol. The first-order chi connectivity index (χ1) is 18.7. The average Bonchev–Trinajstić information content (AvgIpc) is 3.37. The number of rotatable bonds is 11. The lowest BCUT2D eigenvalue weighted by Crippen LogP contribution is -2.27. The number of sulfone groups is 1. The van der Waals surface area contributed by atoms with Crippen LogP contribution >= 0.6 is 0 Å². The van der Waals surface area contributed by atoms with Crippen molar-refractivity contribution in [2.24, 2.45) is 0 Å². The first kappa shape index (κ1) is 27.8. The lowest BCUT2D eigenvalue weighted by Gasteiger charge is -2.21. The maximum Gasteiger partial charge on any atom is 0.231 e. The molecule has 13 heteroatoms.